The first kappa shape index (κ1) is 14.6. The molecule has 9 heteroatoms. The highest BCUT2D eigenvalue weighted by Gasteiger charge is 2.19. The normalized spacial score (nSPS) is 11.2. The van der Waals surface area contributed by atoms with Gasteiger partial charge in [-0.3, -0.25) is 4.72 Å². The van der Waals surface area contributed by atoms with E-state index in [0.717, 1.165) is 17.4 Å². The molecule has 1 aromatic carbocycles. The molecular formula is C11H8ClNO5S2. The average Bonchev–Trinajstić information content (AvgIpc) is 2.84. The summed E-state index contributed by atoms with van der Waals surface area (Å²) < 4.78 is 26.2. The number of phenols is 1. The second-order valence-corrected chi connectivity index (χ2v) is 6.96. The number of hydrogen-bond donors (Lipinski definition) is 3. The van der Waals surface area contributed by atoms with E-state index in [1.165, 1.54) is 23.6 Å². The summed E-state index contributed by atoms with van der Waals surface area (Å²) in [5.41, 5.74) is 0.0668. The average molecular weight is 334 g/mol. The van der Waals surface area contributed by atoms with Crippen LogP contribution < -0.4 is 4.72 Å². The number of carboxylic acids is 1. The van der Waals surface area contributed by atoms with Crippen molar-refractivity contribution in [1.82, 2.24) is 0 Å². The minimum absolute atomic E-state index is 0.00241. The van der Waals surface area contributed by atoms with Gasteiger partial charge in [0.15, 0.2) is 0 Å². The third-order valence-corrected chi connectivity index (χ3v) is 5.41. The van der Waals surface area contributed by atoms with Crippen molar-refractivity contribution in [3.63, 3.8) is 0 Å². The summed E-state index contributed by atoms with van der Waals surface area (Å²) in [7, 11) is -3.89. The lowest BCUT2D eigenvalue weighted by atomic mass is 10.3. The van der Waals surface area contributed by atoms with Crippen molar-refractivity contribution < 1.29 is 23.4 Å². The van der Waals surface area contributed by atoms with Crippen LogP contribution in [0.1, 0.15) is 10.4 Å². The van der Waals surface area contributed by atoms with Gasteiger partial charge in [-0.15, -0.1) is 11.3 Å². The van der Waals surface area contributed by atoms with Crippen molar-refractivity contribution in [3.05, 3.63) is 40.2 Å². The number of aromatic carboxylic acids is 1. The SMILES string of the molecule is O=C(O)c1csc(S(=O)(=O)Nc2ccc(O)c(Cl)c2)c1. The fourth-order valence-corrected chi connectivity index (χ4v) is 3.73. The molecule has 106 valence electrons. The molecule has 0 saturated heterocycles. The Hall–Kier alpha value is -1.77. The highest BCUT2D eigenvalue weighted by molar-refractivity contribution is 7.94. The first-order valence-electron chi connectivity index (χ1n) is 5.13. The number of carbonyl (C=O) groups is 1. The smallest absolute Gasteiger partial charge is 0.336 e. The van der Waals surface area contributed by atoms with Crippen molar-refractivity contribution in [2.45, 2.75) is 4.21 Å². The minimum Gasteiger partial charge on any atom is -0.506 e. The number of carboxylic acid groups (broad SMARTS) is 1. The van der Waals surface area contributed by atoms with E-state index in [4.69, 9.17) is 16.7 Å². The highest BCUT2D eigenvalue weighted by atomic mass is 35.5. The Morgan fingerprint density at radius 3 is 2.55 bits per heavy atom. The van der Waals surface area contributed by atoms with E-state index in [1.807, 2.05) is 0 Å². The minimum atomic E-state index is -3.89. The molecule has 3 N–H and O–H groups in total. The molecule has 0 spiro atoms. The van der Waals surface area contributed by atoms with E-state index in [2.05, 4.69) is 4.72 Å². The van der Waals surface area contributed by atoms with Crippen LogP contribution in [-0.2, 0) is 10.0 Å². The molecule has 0 amide bonds. The van der Waals surface area contributed by atoms with E-state index in [9.17, 15) is 18.3 Å². The molecule has 0 atom stereocenters. The first-order valence-corrected chi connectivity index (χ1v) is 7.87. The maximum absolute atomic E-state index is 12.0. The number of nitrogens with one attached hydrogen (secondary N) is 1. The molecule has 2 rings (SSSR count). The number of hydrogen-bond acceptors (Lipinski definition) is 5. The summed E-state index contributed by atoms with van der Waals surface area (Å²) >= 11 is 6.47. The number of aromatic hydroxyl groups is 1. The molecule has 0 aliphatic rings. The second kappa shape index (κ2) is 5.31. The van der Waals surface area contributed by atoms with Gasteiger partial charge in [0, 0.05) is 5.38 Å². The predicted molar refractivity (Wildman–Crippen MR) is 75.2 cm³/mol. The Kier molecular flexibility index (Phi) is 3.89. The van der Waals surface area contributed by atoms with Gasteiger partial charge < -0.3 is 10.2 Å². The number of thiophene rings is 1. The van der Waals surface area contributed by atoms with E-state index < -0.39 is 16.0 Å². The van der Waals surface area contributed by atoms with Gasteiger partial charge in [-0.25, -0.2) is 13.2 Å². The topological polar surface area (TPSA) is 104 Å². The molecule has 0 aliphatic carbocycles. The zero-order valence-electron chi connectivity index (χ0n) is 9.70. The van der Waals surface area contributed by atoms with Gasteiger partial charge >= 0.3 is 5.97 Å². The van der Waals surface area contributed by atoms with Crippen LogP contribution in [-0.4, -0.2) is 24.6 Å². The molecule has 0 saturated carbocycles. The van der Waals surface area contributed by atoms with E-state index in [-0.39, 0.29) is 26.2 Å². The number of phenolic OH excluding ortho intramolecular Hbond substituents is 1. The largest absolute Gasteiger partial charge is 0.506 e. The summed E-state index contributed by atoms with van der Waals surface area (Å²) in [5, 5.41) is 19.3. The Labute approximate surface area is 123 Å². The van der Waals surface area contributed by atoms with Crippen molar-refractivity contribution in [2.75, 3.05) is 4.72 Å². The van der Waals surface area contributed by atoms with Crippen LogP contribution in [0, 0.1) is 0 Å². The maximum atomic E-state index is 12.0. The molecule has 1 heterocycles. The van der Waals surface area contributed by atoms with Gasteiger partial charge in [-0.2, -0.15) is 0 Å². The molecule has 6 nitrogen and oxygen atoms in total. The molecule has 0 fully saturated rings. The van der Waals surface area contributed by atoms with Crippen LogP contribution in [0.2, 0.25) is 5.02 Å². The Morgan fingerprint density at radius 2 is 2.00 bits per heavy atom. The Bertz CT molecular complexity index is 769. The monoisotopic (exact) mass is 333 g/mol. The number of benzene rings is 1. The van der Waals surface area contributed by atoms with Crippen LogP contribution in [0.4, 0.5) is 5.69 Å². The Morgan fingerprint density at radius 1 is 1.30 bits per heavy atom. The number of sulfonamides is 1. The van der Waals surface area contributed by atoms with E-state index in [0.29, 0.717) is 0 Å². The zero-order valence-corrected chi connectivity index (χ0v) is 12.1. The number of halogens is 1. The lowest BCUT2D eigenvalue weighted by molar-refractivity contribution is 0.0697. The van der Waals surface area contributed by atoms with Crippen LogP contribution in [0.3, 0.4) is 0 Å². The molecule has 0 aliphatic heterocycles. The molecule has 0 unspecified atom stereocenters. The highest BCUT2D eigenvalue weighted by Crippen LogP contribution is 2.28. The van der Waals surface area contributed by atoms with Gasteiger partial charge in [0.1, 0.15) is 9.96 Å². The van der Waals surface area contributed by atoms with Crippen molar-refractivity contribution in [2.24, 2.45) is 0 Å². The van der Waals surface area contributed by atoms with Crippen LogP contribution in [0.5, 0.6) is 5.75 Å². The van der Waals surface area contributed by atoms with Gasteiger partial charge in [0.25, 0.3) is 10.0 Å². The second-order valence-electron chi connectivity index (χ2n) is 3.73. The van der Waals surface area contributed by atoms with Crippen LogP contribution in [0.15, 0.2) is 33.9 Å². The maximum Gasteiger partial charge on any atom is 0.336 e. The summed E-state index contributed by atoms with van der Waals surface area (Å²) in [5.74, 6) is -1.37. The third-order valence-electron chi connectivity index (χ3n) is 2.29. The van der Waals surface area contributed by atoms with Gasteiger partial charge in [0.05, 0.1) is 16.3 Å². The van der Waals surface area contributed by atoms with Crippen molar-refractivity contribution in [1.29, 1.82) is 0 Å². The summed E-state index contributed by atoms with van der Waals surface area (Å²) in [6.45, 7) is 0. The lowest BCUT2D eigenvalue weighted by Crippen LogP contribution is -2.11. The van der Waals surface area contributed by atoms with Gasteiger partial charge in [0.2, 0.25) is 0 Å². The van der Waals surface area contributed by atoms with Gasteiger partial charge in [-0.1, -0.05) is 11.6 Å². The standard InChI is InChI=1S/C11H8ClNO5S2/c12-8-4-7(1-2-9(8)14)13-20(17,18)10-3-6(5-19-10)11(15)16/h1-5,13-14H,(H,15,16). The van der Waals surface area contributed by atoms with Crippen molar-refractivity contribution >= 4 is 44.6 Å². The number of anilines is 1. The molecule has 0 bridgehead atoms. The first-order chi connectivity index (χ1) is 9.29. The molecular weight excluding hydrogens is 326 g/mol. The summed E-state index contributed by atoms with van der Waals surface area (Å²) in [6.07, 6.45) is 0. The third kappa shape index (κ3) is 3.03. The molecule has 0 radical (unpaired) electrons. The van der Waals surface area contributed by atoms with E-state index in [1.54, 1.807) is 0 Å². The zero-order chi connectivity index (χ0) is 14.9. The predicted octanol–water partition coefficient (Wildman–Crippen LogP) is 2.61. The molecule has 20 heavy (non-hydrogen) atoms. The fourth-order valence-electron chi connectivity index (χ4n) is 1.35. The Balaban J connectivity index is 2.30. The number of rotatable bonds is 4. The quantitative estimate of drug-likeness (QED) is 0.746. The fraction of sp³-hybridized carbons (Fsp3) is 0. The van der Waals surface area contributed by atoms with Gasteiger partial charge in [-0.05, 0) is 24.3 Å². The van der Waals surface area contributed by atoms with Crippen molar-refractivity contribution in [3.8, 4) is 5.75 Å². The lowest BCUT2D eigenvalue weighted by Gasteiger charge is -2.07. The van der Waals surface area contributed by atoms with Crippen LogP contribution >= 0.6 is 22.9 Å². The van der Waals surface area contributed by atoms with E-state index >= 15 is 0 Å². The summed E-state index contributed by atoms with van der Waals surface area (Å²) in [4.78, 5) is 10.7. The molecule has 2 aromatic rings. The van der Waals surface area contributed by atoms with Crippen LogP contribution in [0.25, 0.3) is 0 Å². The summed E-state index contributed by atoms with van der Waals surface area (Å²) in [6, 6.07) is 4.90. The molecule has 1 aromatic heterocycles.